The van der Waals surface area contributed by atoms with Crippen molar-refractivity contribution >= 4 is 34.2 Å². The van der Waals surface area contributed by atoms with Crippen LogP contribution in [0.25, 0.3) is 0 Å². The normalized spacial score (nSPS) is 27.2. The summed E-state index contributed by atoms with van der Waals surface area (Å²) in [7, 11) is 0. The number of hydrogen-bond donors (Lipinski definition) is 0. The van der Waals surface area contributed by atoms with Crippen LogP contribution < -0.4 is 0 Å². The minimum atomic E-state index is 0.107. The van der Waals surface area contributed by atoms with Crippen molar-refractivity contribution in [2.24, 2.45) is 11.3 Å². The molecule has 3 atom stereocenters. The van der Waals surface area contributed by atoms with Crippen LogP contribution in [0.3, 0.4) is 0 Å². The minimum Gasteiger partial charge on any atom is -0.369 e. The van der Waals surface area contributed by atoms with E-state index in [0.717, 1.165) is 27.4 Å². The van der Waals surface area contributed by atoms with E-state index in [-0.39, 0.29) is 6.10 Å². The molecule has 1 aromatic carbocycles. The highest BCUT2D eigenvalue weighted by atomic mass is 127. The number of rotatable bonds is 4. The number of alkyl halides is 1. The Morgan fingerprint density at radius 3 is 2.65 bits per heavy atom. The van der Waals surface area contributed by atoms with Crippen molar-refractivity contribution in [3.8, 4) is 0 Å². The van der Waals surface area contributed by atoms with Crippen molar-refractivity contribution in [1.82, 2.24) is 0 Å². The minimum absolute atomic E-state index is 0.107. The van der Waals surface area contributed by atoms with Gasteiger partial charge in [-0.2, -0.15) is 0 Å². The summed E-state index contributed by atoms with van der Waals surface area (Å²) in [5, 5.41) is 0.817. The fraction of sp³-hybridized carbons (Fsp3) is 0.647. The van der Waals surface area contributed by atoms with E-state index in [1.165, 1.54) is 12.8 Å². The lowest BCUT2D eigenvalue weighted by atomic mass is 9.71. The molecular weight excluding hydrogens is 383 g/mol. The van der Waals surface area contributed by atoms with E-state index >= 15 is 0 Å². The summed E-state index contributed by atoms with van der Waals surface area (Å²) in [6, 6.07) is 8.05. The molecule has 0 heterocycles. The molecule has 0 aromatic heterocycles. The standard InChI is InChI=1S/C17H24ClIO/c1-12-8-13(10-17(2,3)9-12)20-16(11-19)14-6-4-5-7-15(14)18/h4-7,12-13,16H,8-11H2,1-3H3. The summed E-state index contributed by atoms with van der Waals surface area (Å²) in [5.74, 6) is 0.741. The van der Waals surface area contributed by atoms with Gasteiger partial charge < -0.3 is 4.74 Å². The van der Waals surface area contributed by atoms with Crippen molar-refractivity contribution in [3.63, 3.8) is 0 Å². The Hall–Kier alpha value is 0.200. The van der Waals surface area contributed by atoms with Crippen LogP contribution in [0.15, 0.2) is 24.3 Å². The lowest BCUT2D eigenvalue weighted by molar-refractivity contribution is -0.0573. The second kappa shape index (κ2) is 6.97. The topological polar surface area (TPSA) is 9.23 Å². The zero-order chi connectivity index (χ0) is 14.8. The molecule has 3 heteroatoms. The molecule has 1 aromatic rings. The zero-order valence-electron chi connectivity index (χ0n) is 12.5. The molecule has 1 saturated carbocycles. The number of benzene rings is 1. The van der Waals surface area contributed by atoms with Crippen LogP contribution in [-0.4, -0.2) is 10.5 Å². The molecule has 0 bridgehead atoms. The van der Waals surface area contributed by atoms with Gasteiger partial charge in [-0.15, -0.1) is 0 Å². The molecule has 0 radical (unpaired) electrons. The molecule has 2 rings (SSSR count). The van der Waals surface area contributed by atoms with Crippen LogP contribution in [-0.2, 0) is 4.74 Å². The highest BCUT2D eigenvalue weighted by Crippen LogP contribution is 2.41. The van der Waals surface area contributed by atoms with E-state index in [1.807, 2.05) is 18.2 Å². The highest BCUT2D eigenvalue weighted by molar-refractivity contribution is 14.1. The average Bonchev–Trinajstić information content (AvgIpc) is 2.34. The maximum absolute atomic E-state index is 6.42. The molecule has 1 nitrogen and oxygen atoms in total. The lowest BCUT2D eigenvalue weighted by Crippen LogP contribution is -2.33. The van der Waals surface area contributed by atoms with Crippen molar-refractivity contribution in [2.45, 2.75) is 52.2 Å². The van der Waals surface area contributed by atoms with Gasteiger partial charge in [0.15, 0.2) is 0 Å². The maximum Gasteiger partial charge on any atom is 0.0932 e. The zero-order valence-corrected chi connectivity index (χ0v) is 15.4. The van der Waals surface area contributed by atoms with E-state index in [9.17, 15) is 0 Å². The lowest BCUT2D eigenvalue weighted by Gasteiger charge is -2.40. The van der Waals surface area contributed by atoms with Gasteiger partial charge in [0.05, 0.1) is 12.2 Å². The summed E-state index contributed by atoms with van der Waals surface area (Å²) in [6.07, 6.45) is 4.07. The van der Waals surface area contributed by atoms with Crippen molar-refractivity contribution in [2.75, 3.05) is 4.43 Å². The van der Waals surface area contributed by atoms with Gasteiger partial charge in [0.1, 0.15) is 0 Å². The summed E-state index contributed by atoms with van der Waals surface area (Å²) in [4.78, 5) is 0. The second-order valence-corrected chi connectivity index (χ2v) is 8.12. The van der Waals surface area contributed by atoms with Gasteiger partial charge in [0, 0.05) is 15.0 Å². The smallest absolute Gasteiger partial charge is 0.0932 e. The SMILES string of the molecule is CC1CC(OC(CI)c2ccccc2Cl)CC(C)(C)C1. The molecular formula is C17H24ClIO. The molecule has 3 unspecified atom stereocenters. The Balaban J connectivity index is 2.09. The highest BCUT2D eigenvalue weighted by Gasteiger charge is 2.34. The van der Waals surface area contributed by atoms with Crippen molar-refractivity contribution in [3.05, 3.63) is 34.9 Å². The summed E-state index contributed by atoms with van der Waals surface area (Å²) in [6.45, 7) is 7.05. The van der Waals surface area contributed by atoms with Crippen molar-refractivity contribution in [1.29, 1.82) is 0 Å². The predicted molar refractivity (Wildman–Crippen MR) is 94.7 cm³/mol. The van der Waals surface area contributed by atoms with Crippen molar-refractivity contribution < 1.29 is 4.74 Å². The Morgan fingerprint density at radius 2 is 2.05 bits per heavy atom. The van der Waals surface area contributed by atoms with Gasteiger partial charge in [0.25, 0.3) is 0 Å². The maximum atomic E-state index is 6.42. The summed E-state index contributed by atoms with van der Waals surface area (Å²) >= 11 is 8.71. The van der Waals surface area contributed by atoms with Gasteiger partial charge in [-0.3, -0.25) is 0 Å². The van der Waals surface area contributed by atoms with Crippen LogP contribution in [0.1, 0.15) is 51.7 Å². The van der Waals surface area contributed by atoms with Gasteiger partial charge >= 0.3 is 0 Å². The molecule has 20 heavy (non-hydrogen) atoms. The number of hydrogen-bond acceptors (Lipinski definition) is 1. The number of ether oxygens (including phenoxy) is 1. The van der Waals surface area contributed by atoms with E-state index in [1.54, 1.807) is 0 Å². The third kappa shape index (κ3) is 4.35. The molecule has 0 N–H and O–H groups in total. The Kier molecular flexibility index (Phi) is 5.78. The van der Waals surface area contributed by atoms with Gasteiger partial charge in [0.2, 0.25) is 0 Å². The Bertz CT molecular complexity index is 446. The molecule has 0 aliphatic heterocycles. The first-order chi connectivity index (χ1) is 9.41. The largest absolute Gasteiger partial charge is 0.369 e. The van der Waals surface area contributed by atoms with E-state index in [4.69, 9.17) is 16.3 Å². The molecule has 0 saturated heterocycles. The van der Waals surface area contributed by atoms with Gasteiger partial charge in [-0.1, -0.05) is 73.2 Å². The summed E-state index contributed by atoms with van der Waals surface area (Å²) < 4.78 is 7.36. The van der Waals surface area contributed by atoms with E-state index in [0.29, 0.717) is 11.5 Å². The third-order valence-corrected chi connectivity index (χ3v) is 5.24. The first kappa shape index (κ1) is 16.6. The van der Waals surface area contributed by atoms with Gasteiger partial charge in [-0.25, -0.2) is 0 Å². The van der Waals surface area contributed by atoms with Crippen LogP contribution in [0.4, 0.5) is 0 Å². The summed E-state index contributed by atoms with van der Waals surface area (Å²) in [5.41, 5.74) is 1.51. The van der Waals surface area contributed by atoms with E-state index < -0.39 is 0 Å². The quantitative estimate of drug-likeness (QED) is 0.437. The van der Waals surface area contributed by atoms with Gasteiger partial charge in [-0.05, 0) is 36.7 Å². The number of halogens is 2. The Labute approximate surface area is 141 Å². The van der Waals surface area contributed by atoms with E-state index in [2.05, 4.69) is 49.4 Å². The monoisotopic (exact) mass is 406 g/mol. The second-order valence-electron chi connectivity index (χ2n) is 6.84. The molecule has 1 fully saturated rings. The first-order valence-corrected chi connectivity index (χ1v) is 9.27. The third-order valence-electron chi connectivity index (χ3n) is 4.10. The molecule has 0 spiro atoms. The fourth-order valence-electron chi connectivity index (χ4n) is 3.52. The van der Waals surface area contributed by atoms with Crippen LogP contribution in [0.5, 0.6) is 0 Å². The van der Waals surface area contributed by atoms with Crippen LogP contribution in [0.2, 0.25) is 5.02 Å². The van der Waals surface area contributed by atoms with Crippen LogP contribution >= 0.6 is 34.2 Å². The Morgan fingerprint density at radius 1 is 1.35 bits per heavy atom. The first-order valence-electron chi connectivity index (χ1n) is 7.37. The van der Waals surface area contributed by atoms with Crippen LogP contribution in [0, 0.1) is 11.3 Å². The molecule has 0 amide bonds. The predicted octanol–water partition coefficient (Wildman–Crippen LogP) is 6.05. The molecule has 1 aliphatic carbocycles. The molecule has 1 aliphatic rings. The molecule has 112 valence electrons. The fourth-order valence-corrected chi connectivity index (χ4v) is 4.46. The average molecular weight is 407 g/mol.